The summed E-state index contributed by atoms with van der Waals surface area (Å²) in [6.45, 7) is 3.29. The van der Waals surface area contributed by atoms with Crippen molar-refractivity contribution in [3.05, 3.63) is 0 Å². The molecule has 1 atom stereocenters. The van der Waals surface area contributed by atoms with E-state index in [2.05, 4.69) is 0 Å². The van der Waals surface area contributed by atoms with Gasteiger partial charge in [-0.15, -0.1) is 0 Å². The largest absolute Gasteiger partial charge is 0.383 e. The normalized spacial score (nSPS) is 18.6. The van der Waals surface area contributed by atoms with Crippen molar-refractivity contribution in [1.82, 2.24) is 4.31 Å². The molecule has 1 aliphatic carbocycles. The van der Waals surface area contributed by atoms with Gasteiger partial charge in [0.2, 0.25) is 10.0 Å². The first-order chi connectivity index (χ1) is 8.03. The van der Waals surface area contributed by atoms with Crippen LogP contribution >= 0.6 is 0 Å². The van der Waals surface area contributed by atoms with Crippen LogP contribution in [0.25, 0.3) is 0 Å². The van der Waals surface area contributed by atoms with Crippen molar-refractivity contribution in [2.75, 3.05) is 32.6 Å². The van der Waals surface area contributed by atoms with Gasteiger partial charge >= 0.3 is 0 Å². The van der Waals surface area contributed by atoms with E-state index in [1.54, 1.807) is 11.4 Å². The number of rotatable bonds is 9. The fourth-order valence-corrected chi connectivity index (χ4v) is 3.77. The van der Waals surface area contributed by atoms with Crippen LogP contribution in [0.5, 0.6) is 0 Å². The molecule has 1 aliphatic rings. The Labute approximate surface area is 104 Å². The van der Waals surface area contributed by atoms with Crippen LogP contribution in [0.2, 0.25) is 0 Å². The van der Waals surface area contributed by atoms with Gasteiger partial charge in [-0.2, -0.15) is 4.31 Å². The molecule has 1 rings (SSSR count). The van der Waals surface area contributed by atoms with Crippen molar-refractivity contribution < 1.29 is 13.2 Å². The lowest BCUT2D eigenvalue weighted by Gasteiger charge is -2.28. The molecule has 0 aliphatic heterocycles. The third-order valence-electron chi connectivity index (χ3n) is 3.24. The minimum atomic E-state index is -3.19. The highest BCUT2D eigenvalue weighted by molar-refractivity contribution is 7.89. The Kier molecular flexibility index (Phi) is 5.85. The van der Waals surface area contributed by atoms with Crippen LogP contribution in [0.3, 0.4) is 0 Å². The summed E-state index contributed by atoms with van der Waals surface area (Å²) in [5.41, 5.74) is 5.38. The van der Waals surface area contributed by atoms with E-state index in [1.807, 2.05) is 6.92 Å². The molecule has 0 heterocycles. The van der Waals surface area contributed by atoms with Crippen molar-refractivity contribution in [3.63, 3.8) is 0 Å². The molecule has 5 nitrogen and oxygen atoms in total. The molecule has 0 aromatic rings. The Morgan fingerprint density at radius 3 is 2.59 bits per heavy atom. The monoisotopic (exact) mass is 264 g/mol. The molecule has 17 heavy (non-hydrogen) atoms. The molecule has 0 radical (unpaired) electrons. The van der Waals surface area contributed by atoms with Crippen LogP contribution in [0.15, 0.2) is 0 Å². The second-order valence-corrected chi connectivity index (χ2v) is 6.68. The summed E-state index contributed by atoms with van der Waals surface area (Å²) < 4.78 is 31.0. The zero-order valence-electron chi connectivity index (χ0n) is 10.8. The average molecular weight is 264 g/mol. The first kappa shape index (κ1) is 14.9. The smallest absolute Gasteiger partial charge is 0.214 e. The summed E-state index contributed by atoms with van der Waals surface area (Å²) in [5.74, 6) is 0.670. The van der Waals surface area contributed by atoms with Gasteiger partial charge in [0.05, 0.1) is 12.4 Å². The minimum absolute atomic E-state index is 0.0907. The quantitative estimate of drug-likeness (QED) is 0.655. The SMILES string of the molecule is COCCN(C(C)C1CC1)S(=O)(=O)CCCN. The number of ether oxygens (including phenoxy) is 1. The summed E-state index contributed by atoms with van der Waals surface area (Å²) in [6, 6.07) is 0.0907. The van der Waals surface area contributed by atoms with E-state index in [4.69, 9.17) is 10.5 Å². The number of sulfonamides is 1. The molecule has 0 bridgehead atoms. The predicted octanol–water partition coefficient (Wildman–Crippen LogP) is 0.412. The maximum absolute atomic E-state index is 12.2. The van der Waals surface area contributed by atoms with E-state index >= 15 is 0 Å². The van der Waals surface area contributed by atoms with Gasteiger partial charge in [0.1, 0.15) is 0 Å². The molecule has 0 saturated heterocycles. The summed E-state index contributed by atoms with van der Waals surface area (Å²) in [6.07, 6.45) is 2.79. The molecule has 1 unspecified atom stereocenters. The molecule has 2 N–H and O–H groups in total. The molecule has 0 aromatic heterocycles. The predicted molar refractivity (Wildman–Crippen MR) is 68.2 cm³/mol. The third-order valence-corrected chi connectivity index (χ3v) is 5.27. The van der Waals surface area contributed by atoms with E-state index in [0.717, 1.165) is 12.8 Å². The van der Waals surface area contributed by atoms with Crippen molar-refractivity contribution in [2.45, 2.75) is 32.2 Å². The fraction of sp³-hybridized carbons (Fsp3) is 1.00. The van der Waals surface area contributed by atoms with Gasteiger partial charge in [0.25, 0.3) is 0 Å². The standard InChI is InChI=1S/C11H24N2O3S/c1-10(11-4-5-11)13(7-8-16-2)17(14,15)9-3-6-12/h10-11H,3-9,12H2,1-2H3. The van der Waals surface area contributed by atoms with E-state index in [9.17, 15) is 8.42 Å². The van der Waals surface area contributed by atoms with E-state index < -0.39 is 10.0 Å². The zero-order valence-corrected chi connectivity index (χ0v) is 11.6. The number of nitrogens with zero attached hydrogens (tertiary/aromatic N) is 1. The Bertz CT molecular complexity index is 315. The molecular formula is C11H24N2O3S. The lowest BCUT2D eigenvalue weighted by Crippen LogP contribution is -2.43. The van der Waals surface area contributed by atoms with Crippen LogP contribution < -0.4 is 5.73 Å². The molecule has 102 valence electrons. The Morgan fingerprint density at radius 2 is 2.12 bits per heavy atom. The molecule has 6 heteroatoms. The van der Waals surface area contributed by atoms with Crippen LogP contribution in [-0.2, 0) is 14.8 Å². The average Bonchev–Trinajstić information content (AvgIpc) is 3.10. The molecular weight excluding hydrogens is 240 g/mol. The van der Waals surface area contributed by atoms with E-state index in [-0.39, 0.29) is 11.8 Å². The zero-order chi connectivity index (χ0) is 12.9. The second kappa shape index (κ2) is 6.68. The highest BCUT2D eigenvalue weighted by Gasteiger charge is 2.36. The van der Waals surface area contributed by atoms with Gasteiger partial charge in [-0.05, 0) is 38.6 Å². The number of nitrogens with two attached hydrogens (primary N) is 1. The Morgan fingerprint density at radius 1 is 1.47 bits per heavy atom. The van der Waals surface area contributed by atoms with Crippen LogP contribution in [0, 0.1) is 5.92 Å². The maximum atomic E-state index is 12.2. The van der Waals surface area contributed by atoms with E-state index in [1.165, 1.54) is 0 Å². The second-order valence-electron chi connectivity index (χ2n) is 4.64. The van der Waals surface area contributed by atoms with Gasteiger partial charge < -0.3 is 10.5 Å². The lowest BCUT2D eigenvalue weighted by molar-refractivity contribution is 0.164. The molecule has 0 spiro atoms. The van der Waals surface area contributed by atoms with Gasteiger partial charge in [-0.3, -0.25) is 0 Å². The van der Waals surface area contributed by atoms with Gasteiger partial charge in [0, 0.05) is 19.7 Å². The van der Waals surface area contributed by atoms with Crippen LogP contribution in [0.1, 0.15) is 26.2 Å². The number of hydrogen-bond acceptors (Lipinski definition) is 4. The van der Waals surface area contributed by atoms with Crippen molar-refractivity contribution >= 4 is 10.0 Å². The van der Waals surface area contributed by atoms with Crippen molar-refractivity contribution in [1.29, 1.82) is 0 Å². The number of methoxy groups -OCH3 is 1. The topological polar surface area (TPSA) is 72.6 Å². The molecule has 0 amide bonds. The van der Waals surface area contributed by atoms with Crippen molar-refractivity contribution in [3.8, 4) is 0 Å². The van der Waals surface area contributed by atoms with Crippen LogP contribution in [0.4, 0.5) is 0 Å². The summed E-state index contributed by atoms with van der Waals surface area (Å²) >= 11 is 0. The Hall–Kier alpha value is -0.170. The summed E-state index contributed by atoms with van der Waals surface area (Å²) in [7, 11) is -1.60. The molecule has 0 aromatic carbocycles. The summed E-state index contributed by atoms with van der Waals surface area (Å²) in [4.78, 5) is 0. The molecule has 1 saturated carbocycles. The Balaban J connectivity index is 2.65. The minimum Gasteiger partial charge on any atom is -0.383 e. The summed E-state index contributed by atoms with van der Waals surface area (Å²) in [5, 5.41) is 0. The lowest BCUT2D eigenvalue weighted by atomic mass is 10.2. The highest BCUT2D eigenvalue weighted by Crippen LogP contribution is 2.36. The first-order valence-corrected chi connectivity index (χ1v) is 7.82. The third kappa shape index (κ3) is 4.54. The molecule has 1 fully saturated rings. The number of hydrogen-bond donors (Lipinski definition) is 1. The van der Waals surface area contributed by atoms with Crippen molar-refractivity contribution in [2.24, 2.45) is 11.7 Å². The van der Waals surface area contributed by atoms with Gasteiger partial charge in [-0.1, -0.05) is 0 Å². The van der Waals surface area contributed by atoms with Gasteiger partial charge in [0.15, 0.2) is 0 Å². The first-order valence-electron chi connectivity index (χ1n) is 6.21. The van der Waals surface area contributed by atoms with Crippen LogP contribution in [-0.4, -0.2) is 51.3 Å². The highest BCUT2D eigenvalue weighted by atomic mass is 32.2. The van der Waals surface area contributed by atoms with E-state index in [0.29, 0.717) is 32.0 Å². The maximum Gasteiger partial charge on any atom is 0.214 e. The van der Waals surface area contributed by atoms with Gasteiger partial charge in [-0.25, -0.2) is 8.42 Å². The fourth-order valence-electron chi connectivity index (χ4n) is 1.97.